The summed E-state index contributed by atoms with van der Waals surface area (Å²) in [4.78, 5) is 25.9. The maximum Gasteiger partial charge on any atom is 0.358 e. The summed E-state index contributed by atoms with van der Waals surface area (Å²) in [5.41, 5.74) is 1.35. The highest BCUT2D eigenvalue weighted by Gasteiger charge is 2.17. The van der Waals surface area contributed by atoms with Crippen molar-refractivity contribution in [2.24, 2.45) is 15.5 Å². The molecule has 0 saturated carbocycles. The highest BCUT2D eigenvalue weighted by Crippen LogP contribution is 2.13. The molecule has 0 unspecified atom stereocenters. The summed E-state index contributed by atoms with van der Waals surface area (Å²) in [7, 11) is 2.73. The van der Waals surface area contributed by atoms with Crippen LogP contribution < -0.4 is 0 Å². The van der Waals surface area contributed by atoms with Gasteiger partial charge in [0.25, 0.3) is 0 Å². The molecule has 0 bridgehead atoms. The van der Waals surface area contributed by atoms with E-state index in [1.807, 2.05) is 6.26 Å². The zero-order chi connectivity index (χ0) is 17.9. The van der Waals surface area contributed by atoms with E-state index in [1.54, 1.807) is 31.2 Å². The first-order valence-electron chi connectivity index (χ1n) is 6.79. The van der Waals surface area contributed by atoms with Gasteiger partial charge in [-0.15, -0.1) is 11.8 Å². The van der Waals surface area contributed by atoms with Crippen LogP contribution in [0.2, 0.25) is 0 Å². The minimum atomic E-state index is -1.19. The first-order chi connectivity index (χ1) is 11.5. The zero-order valence-corrected chi connectivity index (χ0v) is 14.7. The van der Waals surface area contributed by atoms with Crippen molar-refractivity contribution >= 4 is 34.2 Å². The maximum atomic E-state index is 11.3. The largest absolute Gasteiger partial charge is 0.476 e. The van der Waals surface area contributed by atoms with Gasteiger partial charge in [0, 0.05) is 11.1 Å². The highest BCUT2D eigenvalue weighted by atomic mass is 32.2. The molecule has 0 aliphatic heterocycles. The van der Waals surface area contributed by atoms with Crippen LogP contribution in [0, 0.1) is 0 Å². The summed E-state index contributed by atoms with van der Waals surface area (Å²) >= 11 is 1.37. The fourth-order valence-electron chi connectivity index (χ4n) is 1.74. The molecule has 0 fully saturated rings. The van der Waals surface area contributed by atoms with E-state index in [0.29, 0.717) is 21.9 Å². The molecule has 0 spiro atoms. The second kappa shape index (κ2) is 10.3. The molecule has 9 heteroatoms. The molecule has 0 amide bonds. The number of hydrogen-bond donors (Lipinski definition) is 1. The second-order valence-electron chi connectivity index (χ2n) is 4.32. The van der Waals surface area contributed by atoms with Gasteiger partial charge in [0.2, 0.25) is 0 Å². The van der Waals surface area contributed by atoms with Gasteiger partial charge in [-0.05, 0) is 13.2 Å². The predicted molar refractivity (Wildman–Crippen MR) is 93.5 cm³/mol. The molecule has 130 valence electrons. The van der Waals surface area contributed by atoms with Crippen LogP contribution >= 0.6 is 11.8 Å². The van der Waals surface area contributed by atoms with Crippen molar-refractivity contribution < 1.29 is 24.4 Å². The van der Waals surface area contributed by atoms with Crippen molar-refractivity contribution in [2.45, 2.75) is 13.5 Å². The number of thioether (sulfide) groups is 1. The summed E-state index contributed by atoms with van der Waals surface area (Å²) < 4.78 is 0. The van der Waals surface area contributed by atoms with Gasteiger partial charge < -0.3 is 19.6 Å². The van der Waals surface area contributed by atoms with Gasteiger partial charge in [0.15, 0.2) is 10.8 Å². The monoisotopic (exact) mass is 353 g/mol. The highest BCUT2D eigenvalue weighted by molar-refractivity contribution is 8.15. The van der Waals surface area contributed by atoms with Gasteiger partial charge in [-0.3, -0.25) is 0 Å². The Kier molecular flexibility index (Phi) is 8.34. The quantitative estimate of drug-likeness (QED) is 0.437. The Morgan fingerprint density at radius 1 is 1.17 bits per heavy atom. The van der Waals surface area contributed by atoms with Crippen LogP contribution in [0.5, 0.6) is 0 Å². The molecule has 8 nitrogen and oxygen atoms in total. The molecule has 1 N–H and O–H groups in total. The number of carbonyl (C=O) groups is 1. The predicted octanol–water partition coefficient (Wildman–Crippen LogP) is 2.34. The lowest BCUT2D eigenvalue weighted by Crippen LogP contribution is -2.17. The molecular weight excluding hydrogens is 334 g/mol. The van der Waals surface area contributed by atoms with Gasteiger partial charge in [-0.2, -0.15) is 0 Å². The Labute approximate surface area is 144 Å². The average molecular weight is 353 g/mol. The van der Waals surface area contributed by atoms with Crippen molar-refractivity contribution in [1.29, 1.82) is 0 Å². The van der Waals surface area contributed by atoms with Crippen LogP contribution in [0.1, 0.15) is 18.1 Å². The number of benzene rings is 1. The number of aliphatic carboxylic acids is 1. The Morgan fingerprint density at radius 2 is 1.83 bits per heavy atom. The molecule has 0 aromatic heterocycles. The summed E-state index contributed by atoms with van der Waals surface area (Å²) in [6.45, 7) is 1.80. The van der Waals surface area contributed by atoms with Crippen LogP contribution in [-0.4, -0.2) is 48.0 Å². The molecule has 0 heterocycles. The molecule has 0 aliphatic carbocycles. The van der Waals surface area contributed by atoms with Crippen LogP contribution in [-0.2, 0) is 25.9 Å². The second-order valence-corrected chi connectivity index (χ2v) is 5.11. The van der Waals surface area contributed by atoms with Gasteiger partial charge in [0.05, 0.1) is 0 Å². The van der Waals surface area contributed by atoms with Gasteiger partial charge in [-0.1, -0.05) is 39.7 Å². The summed E-state index contributed by atoms with van der Waals surface area (Å²) in [5, 5.41) is 21.2. The fraction of sp³-hybridized carbons (Fsp3) is 0.333. The van der Waals surface area contributed by atoms with E-state index in [2.05, 4.69) is 20.3 Å². The number of nitrogens with zero attached hydrogens (tertiary/aromatic N) is 3. The summed E-state index contributed by atoms with van der Waals surface area (Å²) in [5.74, 6) is -1.19. The van der Waals surface area contributed by atoms with Crippen LogP contribution in [0.15, 0.2) is 39.7 Å². The molecule has 1 aromatic rings. The van der Waals surface area contributed by atoms with Gasteiger partial charge in [0.1, 0.15) is 26.5 Å². The van der Waals surface area contributed by atoms with Crippen LogP contribution in [0.3, 0.4) is 0 Å². The third-order valence-corrected chi connectivity index (χ3v) is 3.51. The summed E-state index contributed by atoms with van der Waals surface area (Å²) in [6, 6.07) is 6.83. The lowest BCUT2D eigenvalue weighted by atomic mass is 10.0. The van der Waals surface area contributed by atoms with Crippen LogP contribution in [0.25, 0.3) is 0 Å². The SMILES string of the molecule is CO/N=C(SC)/C(C)=N/OCc1ccccc1/C(=N/OC)C(=O)O. The molecule has 0 aliphatic rings. The van der Waals surface area contributed by atoms with E-state index in [1.165, 1.54) is 26.0 Å². The third-order valence-electron chi connectivity index (χ3n) is 2.76. The topological polar surface area (TPSA) is 102 Å². The fourth-order valence-corrected chi connectivity index (χ4v) is 2.23. The number of oxime groups is 3. The minimum Gasteiger partial charge on any atom is -0.476 e. The van der Waals surface area contributed by atoms with E-state index in [0.717, 1.165) is 0 Å². The lowest BCUT2D eigenvalue weighted by Gasteiger charge is -2.08. The van der Waals surface area contributed by atoms with Crippen molar-refractivity contribution in [1.82, 2.24) is 0 Å². The first-order valence-corrected chi connectivity index (χ1v) is 8.02. The molecule has 0 radical (unpaired) electrons. The molecule has 0 atom stereocenters. The number of rotatable bonds is 8. The summed E-state index contributed by atoms with van der Waals surface area (Å²) in [6.07, 6.45) is 1.84. The van der Waals surface area contributed by atoms with Crippen molar-refractivity contribution in [3.63, 3.8) is 0 Å². The molecule has 24 heavy (non-hydrogen) atoms. The van der Waals surface area contributed by atoms with E-state index in [9.17, 15) is 9.90 Å². The Bertz CT molecular complexity index is 658. The van der Waals surface area contributed by atoms with Gasteiger partial charge >= 0.3 is 5.97 Å². The number of carboxylic acid groups (broad SMARTS) is 1. The van der Waals surface area contributed by atoms with Gasteiger partial charge in [-0.25, -0.2) is 4.79 Å². The maximum absolute atomic E-state index is 11.3. The van der Waals surface area contributed by atoms with E-state index in [-0.39, 0.29) is 12.3 Å². The van der Waals surface area contributed by atoms with E-state index >= 15 is 0 Å². The Morgan fingerprint density at radius 3 is 2.42 bits per heavy atom. The lowest BCUT2D eigenvalue weighted by molar-refractivity contribution is -0.129. The van der Waals surface area contributed by atoms with Crippen molar-refractivity contribution in [2.75, 3.05) is 20.5 Å². The van der Waals surface area contributed by atoms with E-state index in [4.69, 9.17) is 9.68 Å². The standard InChI is InChI=1S/C15H19N3O5S/c1-10(14(24-4)18-22-3)16-23-9-11-7-5-6-8-12(11)13(15(19)20)17-21-2/h5-8H,9H2,1-4H3,(H,19,20)/b16-10+,17-13-,18-14-. The normalized spacial score (nSPS) is 12.8. The minimum absolute atomic E-state index is 0.0676. The molecule has 1 aromatic carbocycles. The third kappa shape index (κ3) is 5.58. The first kappa shape index (κ1) is 19.5. The molecule has 0 saturated heterocycles. The zero-order valence-electron chi connectivity index (χ0n) is 13.8. The Balaban J connectivity index is 2.96. The van der Waals surface area contributed by atoms with Crippen molar-refractivity contribution in [3.8, 4) is 0 Å². The average Bonchev–Trinajstić information content (AvgIpc) is 2.57. The van der Waals surface area contributed by atoms with E-state index < -0.39 is 5.97 Å². The van der Waals surface area contributed by atoms with Crippen molar-refractivity contribution in [3.05, 3.63) is 35.4 Å². The smallest absolute Gasteiger partial charge is 0.358 e. The molecular formula is C15H19N3O5S. The van der Waals surface area contributed by atoms with Crippen LogP contribution in [0.4, 0.5) is 0 Å². The molecule has 1 rings (SSSR count). The number of carboxylic acids is 1. The number of hydrogen-bond acceptors (Lipinski definition) is 8. The Hall–Kier alpha value is -2.55.